The standard InChI is InChI=1S/C19H19F6N3O2/c1-30-14-4-2-3-11(9-14)17(29)26-12-5-7-13(8-6-12)28-16(19(23,24)25)10-15(27-28)18(20,21)22/h5-8,10-11,14H,2-4,9H2,1H3,(H,26,29). The molecule has 2 atom stereocenters. The molecule has 1 aliphatic rings. The zero-order valence-electron chi connectivity index (χ0n) is 15.8. The predicted molar refractivity (Wildman–Crippen MR) is 95.0 cm³/mol. The van der Waals surface area contributed by atoms with E-state index in [1.165, 1.54) is 12.1 Å². The van der Waals surface area contributed by atoms with Gasteiger partial charge in [0.2, 0.25) is 5.91 Å². The smallest absolute Gasteiger partial charge is 0.381 e. The molecule has 1 saturated carbocycles. The lowest BCUT2D eigenvalue weighted by Gasteiger charge is -2.27. The van der Waals surface area contributed by atoms with Crippen molar-refractivity contribution in [2.45, 2.75) is 44.1 Å². The number of ether oxygens (including phenoxy) is 1. The van der Waals surface area contributed by atoms with Crippen LogP contribution in [-0.4, -0.2) is 28.9 Å². The van der Waals surface area contributed by atoms with Crippen LogP contribution < -0.4 is 5.32 Å². The van der Waals surface area contributed by atoms with Crippen molar-refractivity contribution in [1.82, 2.24) is 9.78 Å². The molecule has 1 N–H and O–H groups in total. The number of rotatable bonds is 4. The molecule has 1 aromatic carbocycles. The van der Waals surface area contributed by atoms with Crippen LogP contribution in [0.2, 0.25) is 0 Å². The number of carbonyl (C=O) groups excluding carboxylic acids is 1. The first-order valence-corrected chi connectivity index (χ1v) is 9.17. The molecule has 3 rings (SSSR count). The van der Waals surface area contributed by atoms with Gasteiger partial charge < -0.3 is 10.1 Å². The van der Waals surface area contributed by atoms with E-state index >= 15 is 0 Å². The maximum atomic E-state index is 13.2. The molecule has 0 saturated heterocycles. The van der Waals surface area contributed by atoms with E-state index in [0.717, 1.165) is 25.0 Å². The van der Waals surface area contributed by atoms with E-state index in [9.17, 15) is 31.1 Å². The third kappa shape index (κ3) is 4.94. The van der Waals surface area contributed by atoms with Crippen molar-refractivity contribution in [3.05, 3.63) is 41.7 Å². The largest absolute Gasteiger partial charge is 0.435 e. The fourth-order valence-corrected chi connectivity index (χ4v) is 3.45. The number of benzene rings is 1. The minimum atomic E-state index is -5.03. The third-order valence-electron chi connectivity index (χ3n) is 5.00. The molecule has 11 heteroatoms. The zero-order valence-corrected chi connectivity index (χ0v) is 15.8. The van der Waals surface area contributed by atoms with Crippen LogP contribution in [0.25, 0.3) is 5.69 Å². The number of carbonyl (C=O) groups is 1. The first kappa shape index (κ1) is 22.1. The van der Waals surface area contributed by atoms with Gasteiger partial charge in [-0.3, -0.25) is 4.79 Å². The highest BCUT2D eigenvalue weighted by Crippen LogP contribution is 2.36. The molecule has 5 nitrogen and oxygen atoms in total. The van der Waals surface area contributed by atoms with Crippen LogP contribution in [0.3, 0.4) is 0 Å². The van der Waals surface area contributed by atoms with Gasteiger partial charge in [0.15, 0.2) is 5.69 Å². The average molecular weight is 435 g/mol. The normalized spacial score (nSPS) is 20.2. The van der Waals surface area contributed by atoms with E-state index < -0.39 is 23.7 Å². The van der Waals surface area contributed by atoms with Crippen LogP contribution in [0.15, 0.2) is 30.3 Å². The van der Waals surface area contributed by atoms with Gasteiger partial charge >= 0.3 is 12.4 Å². The molecule has 1 heterocycles. The summed E-state index contributed by atoms with van der Waals surface area (Å²) in [5.74, 6) is -0.486. The van der Waals surface area contributed by atoms with Crippen molar-refractivity contribution in [3.63, 3.8) is 0 Å². The van der Waals surface area contributed by atoms with Crippen molar-refractivity contribution in [1.29, 1.82) is 0 Å². The summed E-state index contributed by atoms with van der Waals surface area (Å²) in [4.78, 5) is 12.4. The Kier molecular flexibility index (Phi) is 6.11. The SMILES string of the molecule is COC1CCCC(C(=O)Nc2ccc(-n3nc(C(F)(F)F)cc3C(F)(F)F)cc2)C1. The Labute approximate surface area is 168 Å². The van der Waals surface area contributed by atoms with Gasteiger partial charge in [0.05, 0.1) is 11.8 Å². The van der Waals surface area contributed by atoms with Crippen LogP contribution in [-0.2, 0) is 21.9 Å². The number of hydrogen-bond donors (Lipinski definition) is 1. The van der Waals surface area contributed by atoms with Gasteiger partial charge in [0.25, 0.3) is 0 Å². The van der Waals surface area contributed by atoms with E-state index in [-0.39, 0.29) is 34.4 Å². The Bertz CT molecular complexity index is 889. The summed E-state index contributed by atoms with van der Waals surface area (Å²) in [5.41, 5.74) is -3.08. The monoisotopic (exact) mass is 435 g/mol. The molecule has 0 spiro atoms. The molecule has 2 unspecified atom stereocenters. The summed E-state index contributed by atoms with van der Waals surface area (Å²) in [5, 5.41) is 5.75. The molecule has 2 aromatic rings. The summed E-state index contributed by atoms with van der Waals surface area (Å²) in [6.07, 6.45) is -7.05. The van der Waals surface area contributed by atoms with Crippen LogP contribution in [0.5, 0.6) is 0 Å². The number of halogens is 6. The Morgan fingerprint density at radius 2 is 1.77 bits per heavy atom. The summed E-state index contributed by atoms with van der Waals surface area (Å²) >= 11 is 0. The first-order valence-electron chi connectivity index (χ1n) is 9.17. The maximum Gasteiger partial charge on any atom is 0.435 e. The van der Waals surface area contributed by atoms with Gasteiger partial charge in [-0.2, -0.15) is 31.4 Å². The molecule has 1 amide bonds. The maximum absolute atomic E-state index is 13.2. The lowest BCUT2D eigenvalue weighted by atomic mass is 9.86. The van der Waals surface area contributed by atoms with Gasteiger partial charge in [0.1, 0.15) is 5.69 Å². The fourth-order valence-electron chi connectivity index (χ4n) is 3.45. The number of aromatic nitrogens is 2. The average Bonchev–Trinajstić information content (AvgIpc) is 3.15. The van der Waals surface area contributed by atoms with Gasteiger partial charge in [-0.05, 0) is 43.5 Å². The fraction of sp³-hybridized carbons (Fsp3) is 0.474. The van der Waals surface area contributed by atoms with Gasteiger partial charge in [-0.15, -0.1) is 0 Å². The molecule has 30 heavy (non-hydrogen) atoms. The molecule has 1 aliphatic carbocycles. The summed E-state index contributed by atoms with van der Waals surface area (Å²) < 4.78 is 83.4. The molecular weight excluding hydrogens is 416 g/mol. The lowest BCUT2D eigenvalue weighted by molar-refractivity contribution is -0.143. The number of methoxy groups -OCH3 is 1. The second-order valence-electron chi connectivity index (χ2n) is 7.08. The minimum Gasteiger partial charge on any atom is -0.381 e. The summed E-state index contributed by atoms with van der Waals surface area (Å²) in [7, 11) is 1.58. The van der Waals surface area contributed by atoms with Crippen LogP contribution in [0, 0.1) is 5.92 Å². The highest BCUT2D eigenvalue weighted by molar-refractivity contribution is 5.92. The van der Waals surface area contributed by atoms with Crippen molar-refractivity contribution in [2.24, 2.45) is 5.92 Å². The number of nitrogens with zero attached hydrogens (tertiary/aromatic N) is 2. The van der Waals surface area contributed by atoms with Crippen molar-refractivity contribution < 1.29 is 35.9 Å². The Hall–Kier alpha value is -2.56. The molecular formula is C19H19F6N3O2. The quantitative estimate of drug-likeness (QED) is 0.684. The van der Waals surface area contributed by atoms with Crippen molar-refractivity contribution in [3.8, 4) is 5.69 Å². The second-order valence-corrected chi connectivity index (χ2v) is 7.08. The van der Waals surface area contributed by atoms with Gasteiger partial charge in [-0.25, -0.2) is 4.68 Å². The van der Waals surface area contributed by atoms with E-state index in [2.05, 4.69) is 10.4 Å². The Balaban J connectivity index is 1.79. The predicted octanol–water partition coefficient (Wildman–Crippen LogP) is 5.05. The van der Waals surface area contributed by atoms with Crippen LogP contribution in [0.1, 0.15) is 37.1 Å². The number of nitrogens with one attached hydrogen (secondary N) is 1. The third-order valence-corrected chi connectivity index (χ3v) is 5.00. The molecule has 0 bridgehead atoms. The Morgan fingerprint density at radius 1 is 1.10 bits per heavy atom. The topological polar surface area (TPSA) is 56.1 Å². The molecule has 1 fully saturated rings. The summed E-state index contributed by atoms with van der Waals surface area (Å²) in [6, 6.07) is 4.93. The molecule has 0 radical (unpaired) electrons. The molecule has 0 aliphatic heterocycles. The number of amides is 1. The number of alkyl halides is 6. The van der Waals surface area contributed by atoms with E-state index in [4.69, 9.17) is 4.74 Å². The first-order chi connectivity index (χ1) is 14.0. The van der Waals surface area contributed by atoms with Crippen molar-refractivity contribution in [2.75, 3.05) is 12.4 Å². The Morgan fingerprint density at radius 3 is 2.33 bits per heavy atom. The number of hydrogen-bond acceptors (Lipinski definition) is 3. The van der Waals surface area contributed by atoms with Crippen molar-refractivity contribution >= 4 is 11.6 Å². The molecule has 164 valence electrons. The minimum absolute atomic E-state index is 0.000286. The highest BCUT2D eigenvalue weighted by atomic mass is 19.4. The second kappa shape index (κ2) is 8.29. The van der Waals surface area contributed by atoms with E-state index in [1.807, 2.05) is 0 Å². The lowest BCUT2D eigenvalue weighted by Crippen LogP contribution is -2.30. The van der Waals surface area contributed by atoms with E-state index in [1.54, 1.807) is 7.11 Å². The van der Waals surface area contributed by atoms with E-state index in [0.29, 0.717) is 18.5 Å². The highest BCUT2D eigenvalue weighted by Gasteiger charge is 2.42. The summed E-state index contributed by atoms with van der Waals surface area (Å²) in [6.45, 7) is 0. The van der Waals surface area contributed by atoms with Gasteiger partial charge in [0, 0.05) is 24.8 Å². The van der Waals surface area contributed by atoms with Gasteiger partial charge in [-0.1, -0.05) is 6.42 Å². The zero-order chi connectivity index (χ0) is 22.1. The van der Waals surface area contributed by atoms with Crippen LogP contribution >= 0.6 is 0 Å². The van der Waals surface area contributed by atoms with Crippen LogP contribution in [0.4, 0.5) is 32.0 Å². The molecule has 1 aromatic heterocycles. The number of anilines is 1.